The van der Waals surface area contributed by atoms with E-state index in [-0.39, 0.29) is 5.91 Å². The van der Waals surface area contributed by atoms with Crippen molar-refractivity contribution in [2.45, 2.75) is 37.5 Å². The van der Waals surface area contributed by atoms with Gasteiger partial charge in [0.25, 0.3) is 0 Å². The Morgan fingerprint density at radius 3 is 2.33 bits per heavy atom. The summed E-state index contributed by atoms with van der Waals surface area (Å²) in [5, 5.41) is 12.6. The average molecular weight is 422 g/mol. The Bertz CT molecular complexity index is 939. The first kappa shape index (κ1) is 20.6. The fourth-order valence-electron chi connectivity index (χ4n) is 3.63. The summed E-state index contributed by atoms with van der Waals surface area (Å²) in [5.74, 6) is 1.22. The SMILES string of the molecule is O=C(CSc1nnc(CN2CCCCC2)n1Cc1ccccc1)Nc1ccccc1. The van der Waals surface area contributed by atoms with Gasteiger partial charge in [0.15, 0.2) is 5.16 Å². The third kappa shape index (κ3) is 5.70. The van der Waals surface area contributed by atoms with Gasteiger partial charge in [-0.3, -0.25) is 9.69 Å². The van der Waals surface area contributed by atoms with Gasteiger partial charge in [0.05, 0.1) is 18.8 Å². The second kappa shape index (κ2) is 10.4. The number of rotatable bonds is 8. The van der Waals surface area contributed by atoms with Gasteiger partial charge in [-0.05, 0) is 43.6 Å². The van der Waals surface area contributed by atoms with Crippen molar-refractivity contribution in [1.29, 1.82) is 0 Å². The van der Waals surface area contributed by atoms with Gasteiger partial charge in [0, 0.05) is 5.69 Å². The third-order valence-electron chi connectivity index (χ3n) is 5.18. The number of carbonyl (C=O) groups excluding carboxylic acids is 1. The zero-order valence-corrected chi connectivity index (χ0v) is 17.9. The first-order valence-corrected chi connectivity index (χ1v) is 11.4. The minimum atomic E-state index is -0.0435. The molecule has 3 aromatic rings. The van der Waals surface area contributed by atoms with Crippen LogP contribution < -0.4 is 5.32 Å². The van der Waals surface area contributed by atoms with Gasteiger partial charge in [0.2, 0.25) is 5.91 Å². The van der Waals surface area contributed by atoms with E-state index in [0.29, 0.717) is 12.3 Å². The normalized spacial score (nSPS) is 14.5. The lowest BCUT2D eigenvalue weighted by molar-refractivity contribution is -0.113. The van der Waals surface area contributed by atoms with Crippen LogP contribution in [0.3, 0.4) is 0 Å². The summed E-state index contributed by atoms with van der Waals surface area (Å²) in [5.41, 5.74) is 2.01. The van der Waals surface area contributed by atoms with Crippen LogP contribution in [0.2, 0.25) is 0 Å². The highest BCUT2D eigenvalue weighted by atomic mass is 32.2. The Labute approximate surface area is 181 Å². The topological polar surface area (TPSA) is 63.1 Å². The maximum absolute atomic E-state index is 12.4. The molecule has 2 heterocycles. The van der Waals surface area contributed by atoms with Gasteiger partial charge >= 0.3 is 0 Å². The number of likely N-dealkylation sites (tertiary alicyclic amines) is 1. The molecule has 1 fully saturated rings. The van der Waals surface area contributed by atoms with Crippen molar-refractivity contribution in [2.24, 2.45) is 0 Å². The van der Waals surface area contributed by atoms with Crippen LogP contribution in [-0.2, 0) is 17.9 Å². The Morgan fingerprint density at radius 2 is 1.60 bits per heavy atom. The molecule has 1 aliphatic heterocycles. The Balaban J connectivity index is 1.46. The molecule has 30 heavy (non-hydrogen) atoms. The second-order valence-electron chi connectivity index (χ2n) is 7.51. The summed E-state index contributed by atoms with van der Waals surface area (Å²) >= 11 is 1.44. The number of piperidine rings is 1. The first-order chi connectivity index (χ1) is 14.8. The molecule has 0 bridgehead atoms. The van der Waals surface area contributed by atoms with Crippen LogP contribution in [0.5, 0.6) is 0 Å². The second-order valence-corrected chi connectivity index (χ2v) is 8.45. The number of benzene rings is 2. The molecule has 1 N–H and O–H groups in total. The van der Waals surface area contributed by atoms with E-state index in [4.69, 9.17) is 0 Å². The molecule has 0 aliphatic carbocycles. The highest BCUT2D eigenvalue weighted by molar-refractivity contribution is 7.99. The molecule has 0 unspecified atom stereocenters. The average Bonchev–Trinajstić information content (AvgIpc) is 3.15. The molecule has 0 radical (unpaired) electrons. The molecule has 1 saturated heterocycles. The number of thioether (sulfide) groups is 1. The number of nitrogens with one attached hydrogen (secondary N) is 1. The maximum Gasteiger partial charge on any atom is 0.234 e. The predicted octanol–water partition coefficient (Wildman–Crippen LogP) is 4.04. The molecule has 1 amide bonds. The van der Waals surface area contributed by atoms with Gasteiger partial charge in [-0.15, -0.1) is 10.2 Å². The molecular weight excluding hydrogens is 394 g/mol. The highest BCUT2D eigenvalue weighted by Crippen LogP contribution is 2.21. The fourth-order valence-corrected chi connectivity index (χ4v) is 4.39. The number of anilines is 1. The van der Waals surface area contributed by atoms with Crippen molar-refractivity contribution in [3.05, 3.63) is 72.1 Å². The zero-order valence-electron chi connectivity index (χ0n) is 17.0. The summed E-state index contributed by atoms with van der Waals surface area (Å²) in [7, 11) is 0. The van der Waals surface area contributed by atoms with E-state index >= 15 is 0 Å². The summed E-state index contributed by atoms with van der Waals surface area (Å²) in [6.45, 7) is 3.73. The first-order valence-electron chi connectivity index (χ1n) is 10.4. The van der Waals surface area contributed by atoms with Gasteiger partial charge in [-0.1, -0.05) is 66.7 Å². The Kier molecular flexibility index (Phi) is 7.16. The number of amides is 1. The van der Waals surface area contributed by atoms with Crippen LogP contribution in [0, 0.1) is 0 Å². The number of hydrogen-bond donors (Lipinski definition) is 1. The van der Waals surface area contributed by atoms with E-state index in [2.05, 4.69) is 37.1 Å². The van der Waals surface area contributed by atoms with Gasteiger partial charge in [-0.2, -0.15) is 0 Å². The van der Waals surface area contributed by atoms with Crippen LogP contribution in [0.15, 0.2) is 65.8 Å². The number of carbonyl (C=O) groups is 1. The van der Waals surface area contributed by atoms with E-state index in [1.165, 1.54) is 36.6 Å². The molecule has 0 spiro atoms. The monoisotopic (exact) mass is 421 g/mol. The largest absolute Gasteiger partial charge is 0.325 e. The molecule has 1 aliphatic rings. The summed E-state index contributed by atoms with van der Waals surface area (Å²) in [6.07, 6.45) is 3.80. The van der Waals surface area contributed by atoms with Gasteiger partial charge in [0.1, 0.15) is 5.82 Å². The minimum Gasteiger partial charge on any atom is -0.325 e. The molecule has 6 nitrogen and oxygen atoms in total. The van der Waals surface area contributed by atoms with E-state index in [1.807, 2.05) is 48.5 Å². The predicted molar refractivity (Wildman–Crippen MR) is 120 cm³/mol. The number of hydrogen-bond acceptors (Lipinski definition) is 5. The van der Waals surface area contributed by atoms with Crippen LogP contribution in [0.1, 0.15) is 30.7 Å². The van der Waals surface area contributed by atoms with Crippen LogP contribution in [0.25, 0.3) is 0 Å². The van der Waals surface area contributed by atoms with Crippen molar-refractivity contribution < 1.29 is 4.79 Å². The van der Waals surface area contributed by atoms with Gasteiger partial charge < -0.3 is 9.88 Å². The Morgan fingerprint density at radius 1 is 0.900 bits per heavy atom. The van der Waals surface area contributed by atoms with Gasteiger partial charge in [-0.25, -0.2) is 0 Å². The quantitative estimate of drug-likeness (QED) is 0.556. The lowest BCUT2D eigenvalue weighted by Crippen LogP contribution is -2.30. The zero-order chi connectivity index (χ0) is 20.6. The Hall–Kier alpha value is -2.64. The summed E-state index contributed by atoms with van der Waals surface area (Å²) in [6, 6.07) is 19.9. The highest BCUT2D eigenvalue weighted by Gasteiger charge is 2.18. The summed E-state index contributed by atoms with van der Waals surface area (Å²) < 4.78 is 2.16. The van der Waals surface area contributed by atoms with Crippen molar-refractivity contribution >= 4 is 23.4 Å². The maximum atomic E-state index is 12.4. The van der Waals surface area contributed by atoms with Crippen molar-refractivity contribution in [2.75, 3.05) is 24.2 Å². The lowest BCUT2D eigenvalue weighted by Gasteiger charge is -2.26. The number of para-hydroxylation sites is 1. The molecule has 156 valence electrons. The van der Waals surface area contributed by atoms with Crippen LogP contribution >= 0.6 is 11.8 Å². The molecule has 2 aromatic carbocycles. The molecular formula is C23H27N5OS. The molecule has 0 saturated carbocycles. The molecule has 7 heteroatoms. The lowest BCUT2D eigenvalue weighted by atomic mass is 10.1. The van der Waals surface area contributed by atoms with Crippen LogP contribution in [0.4, 0.5) is 5.69 Å². The minimum absolute atomic E-state index is 0.0435. The van der Waals surface area contributed by atoms with Crippen molar-refractivity contribution in [3.8, 4) is 0 Å². The van der Waals surface area contributed by atoms with E-state index in [9.17, 15) is 4.79 Å². The third-order valence-corrected chi connectivity index (χ3v) is 6.15. The van der Waals surface area contributed by atoms with Crippen molar-refractivity contribution in [3.63, 3.8) is 0 Å². The van der Waals surface area contributed by atoms with Crippen LogP contribution in [-0.4, -0.2) is 44.4 Å². The molecule has 4 rings (SSSR count). The number of aromatic nitrogens is 3. The standard InChI is InChI=1S/C23H27N5OS/c29-22(24-20-12-6-2-7-13-20)18-30-23-26-25-21(17-27-14-8-3-9-15-27)28(23)16-19-10-4-1-5-11-19/h1-2,4-7,10-13H,3,8-9,14-18H2,(H,24,29). The van der Waals surface area contributed by atoms with E-state index in [1.54, 1.807) is 0 Å². The molecule has 0 atom stereocenters. The smallest absolute Gasteiger partial charge is 0.234 e. The summed E-state index contributed by atoms with van der Waals surface area (Å²) in [4.78, 5) is 14.8. The van der Waals surface area contributed by atoms with E-state index < -0.39 is 0 Å². The van der Waals surface area contributed by atoms with Crippen molar-refractivity contribution in [1.82, 2.24) is 19.7 Å². The molecule has 1 aromatic heterocycles. The van der Waals surface area contributed by atoms with E-state index in [0.717, 1.165) is 36.3 Å². The fraction of sp³-hybridized carbons (Fsp3) is 0.348. The number of nitrogens with zero attached hydrogens (tertiary/aromatic N) is 4.